The van der Waals surface area contributed by atoms with Gasteiger partial charge in [0, 0.05) is 26.8 Å². The van der Waals surface area contributed by atoms with E-state index in [-0.39, 0.29) is 22.1 Å². The van der Waals surface area contributed by atoms with Crippen LogP contribution in [0.2, 0.25) is 0 Å². The maximum atomic E-state index is 14.3. The molecule has 0 unspecified atom stereocenters. The first-order valence-corrected chi connectivity index (χ1v) is 12.1. The molecule has 35 heavy (non-hydrogen) atoms. The van der Waals surface area contributed by atoms with Crippen molar-refractivity contribution in [2.24, 2.45) is 9.39 Å². The number of amidine groups is 1. The first-order valence-electron chi connectivity index (χ1n) is 10.7. The zero-order valence-corrected chi connectivity index (χ0v) is 20.5. The number of aliphatic imine (C=N–C) groups is 1. The van der Waals surface area contributed by atoms with E-state index in [0.29, 0.717) is 11.4 Å². The van der Waals surface area contributed by atoms with Crippen LogP contribution >= 0.6 is 0 Å². The minimum Gasteiger partial charge on any atom is -0.378 e. The van der Waals surface area contributed by atoms with E-state index < -0.39 is 21.7 Å². The Balaban J connectivity index is 1.87. The van der Waals surface area contributed by atoms with Crippen molar-refractivity contribution >= 4 is 50.2 Å². The van der Waals surface area contributed by atoms with Gasteiger partial charge < -0.3 is 15.1 Å². The maximum absolute atomic E-state index is 14.3. The lowest BCUT2D eigenvalue weighted by atomic mass is 10.1. The first kappa shape index (κ1) is 24.1. The molecule has 3 aromatic carbocycles. The highest BCUT2D eigenvalue weighted by molar-refractivity contribution is 7.90. The number of carbonyl (C=O) groups excluding carboxylic acids is 1. The average molecular weight is 494 g/mol. The number of fused-ring (bicyclic) bond motifs is 1. The molecule has 0 saturated heterocycles. The summed E-state index contributed by atoms with van der Waals surface area (Å²) in [6, 6.07) is 17.5. The number of aryl methyl sites for hydroxylation is 1. The molecule has 0 atom stereocenters. The van der Waals surface area contributed by atoms with Crippen molar-refractivity contribution < 1.29 is 17.6 Å². The monoisotopic (exact) mass is 493 g/mol. The third kappa shape index (κ3) is 4.78. The molecule has 1 aliphatic heterocycles. The summed E-state index contributed by atoms with van der Waals surface area (Å²) < 4.78 is 44.1. The Morgan fingerprint density at radius 3 is 2.43 bits per heavy atom. The number of carbonyl (C=O) groups is 1. The van der Waals surface area contributed by atoms with Crippen LogP contribution in [0.3, 0.4) is 0 Å². The van der Waals surface area contributed by atoms with Gasteiger partial charge in [-0.15, -0.1) is 4.40 Å². The second-order valence-electron chi connectivity index (χ2n) is 8.18. The Bertz CT molecular complexity index is 1480. The van der Waals surface area contributed by atoms with Crippen LogP contribution in [0.4, 0.5) is 27.1 Å². The molecule has 0 saturated carbocycles. The van der Waals surface area contributed by atoms with Crippen molar-refractivity contribution in [1.29, 1.82) is 0 Å². The third-order valence-electron chi connectivity index (χ3n) is 5.51. The number of rotatable bonds is 5. The molecule has 1 heterocycles. The normalized spacial score (nSPS) is 14.7. The highest BCUT2D eigenvalue weighted by Gasteiger charge is 2.34. The second kappa shape index (κ2) is 9.30. The molecule has 0 radical (unpaired) electrons. The van der Waals surface area contributed by atoms with Crippen molar-refractivity contribution in [3.8, 4) is 0 Å². The minimum atomic E-state index is -4.10. The maximum Gasteiger partial charge on any atom is 0.286 e. The summed E-state index contributed by atoms with van der Waals surface area (Å²) in [5.41, 5.74) is 2.16. The van der Waals surface area contributed by atoms with Gasteiger partial charge in [-0.25, -0.2) is 9.38 Å². The molecule has 1 amide bonds. The summed E-state index contributed by atoms with van der Waals surface area (Å²) in [5.74, 6) is -1.61. The minimum absolute atomic E-state index is 0.0200. The molecule has 4 rings (SSSR count). The number of nitrogens with one attached hydrogen (secondary N) is 1. The Kier molecular flexibility index (Phi) is 6.40. The molecule has 180 valence electrons. The van der Waals surface area contributed by atoms with Crippen LogP contribution in [-0.4, -0.2) is 47.0 Å². The molecule has 0 aliphatic carbocycles. The largest absolute Gasteiger partial charge is 0.378 e. The lowest BCUT2D eigenvalue weighted by molar-refractivity contribution is -0.110. The fourth-order valence-corrected chi connectivity index (χ4v) is 4.86. The predicted octanol–water partition coefficient (Wildman–Crippen LogP) is 4.15. The van der Waals surface area contributed by atoms with E-state index in [2.05, 4.69) is 14.7 Å². The number of hydrogen-bond acceptors (Lipinski definition) is 6. The standard InChI is InChI=1S/C25H24FN5O3S/c1-16-15-17(30(2)3)13-14-19(16)27-23(25(32)28-20-10-6-5-9-18(20)26)24-29-35(33,34)22-12-8-7-11-21(22)31(24)4/h5-15H,1-4H3,(H,28,32)/b27-23-. The number of sulfonamides is 1. The summed E-state index contributed by atoms with van der Waals surface area (Å²) in [5, 5.41) is 2.49. The van der Waals surface area contributed by atoms with E-state index in [1.807, 2.05) is 38.1 Å². The van der Waals surface area contributed by atoms with Gasteiger partial charge in [-0.1, -0.05) is 24.3 Å². The molecular formula is C25H24FN5O3S. The Morgan fingerprint density at radius 2 is 1.74 bits per heavy atom. The highest BCUT2D eigenvalue weighted by atomic mass is 32.2. The van der Waals surface area contributed by atoms with Gasteiger partial charge in [-0.05, 0) is 55.0 Å². The lowest BCUT2D eigenvalue weighted by Gasteiger charge is -2.27. The van der Waals surface area contributed by atoms with Gasteiger partial charge in [0.2, 0.25) is 0 Å². The smallest absolute Gasteiger partial charge is 0.286 e. The van der Waals surface area contributed by atoms with Crippen LogP contribution in [0.1, 0.15) is 5.56 Å². The Morgan fingerprint density at radius 1 is 1.06 bits per heavy atom. The van der Waals surface area contributed by atoms with Gasteiger partial charge in [0.05, 0.1) is 17.1 Å². The van der Waals surface area contributed by atoms with Crippen LogP contribution in [0, 0.1) is 12.7 Å². The van der Waals surface area contributed by atoms with Gasteiger partial charge in [0.15, 0.2) is 11.5 Å². The molecule has 3 aromatic rings. The highest BCUT2D eigenvalue weighted by Crippen LogP contribution is 2.32. The summed E-state index contributed by atoms with van der Waals surface area (Å²) in [6.07, 6.45) is 0. The second-order valence-corrected chi connectivity index (χ2v) is 9.75. The quantitative estimate of drug-likeness (QED) is 0.539. The fraction of sp³-hybridized carbons (Fsp3) is 0.160. The van der Waals surface area contributed by atoms with Crippen LogP contribution in [-0.2, 0) is 14.8 Å². The van der Waals surface area contributed by atoms with Crippen molar-refractivity contribution in [3.63, 3.8) is 0 Å². The van der Waals surface area contributed by atoms with E-state index in [4.69, 9.17) is 0 Å². The zero-order chi connectivity index (χ0) is 25.3. The topological polar surface area (TPSA) is 94.4 Å². The average Bonchev–Trinajstić information content (AvgIpc) is 2.82. The van der Waals surface area contributed by atoms with E-state index in [0.717, 1.165) is 11.3 Å². The number of benzene rings is 3. The van der Waals surface area contributed by atoms with Crippen molar-refractivity contribution in [3.05, 3.63) is 78.1 Å². The summed E-state index contributed by atoms with van der Waals surface area (Å²) in [7, 11) is 1.30. The van der Waals surface area contributed by atoms with Gasteiger partial charge in [0.1, 0.15) is 10.7 Å². The van der Waals surface area contributed by atoms with Crippen molar-refractivity contribution in [1.82, 2.24) is 0 Å². The molecule has 1 N–H and O–H groups in total. The zero-order valence-electron chi connectivity index (χ0n) is 19.7. The molecule has 0 spiro atoms. The van der Waals surface area contributed by atoms with Crippen molar-refractivity contribution in [2.45, 2.75) is 11.8 Å². The SMILES string of the molecule is Cc1cc(N(C)C)ccc1/N=C(\C(=O)Nc1ccccc1F)C1=NS(=O)(=O)c2ccccc2N1C. The number of anilines is 3. The fourth-order valence-electron chi connectivity index (χ4n) is 3.60. The summed E-state index contributed by atoms with van der Waals surface area (Å²) in [6.45, 7) is 1.83. The number of amides is 1. The third-order valence-corrected chi connectivity index (χ3v) is 6.82. The summed E-state index contributed by atoms with van der Waals surface area (Å²) >= 11 is 0. The lowest BCUT2D eigenvalue weighted by Crippen LogP contribution is -2.43. The first-order chi connectivity index (χ1) is 16.6. The number of hydrogen-bond donors (Lipinski definition) is 1. The van der Waals surface area contributed by atoms with Gasteiger partial charge in [0.25, 0.3) is 15.9 Å². The van der Waals surface area contributed by atoms with Crippen LogP contribution in [0.25, 0.3) is 0 Å². The van der Waals surface area contributed by atoms with Gasteiger partial charge in [-0.3, -0.25) is 4.79 Å². The Hall–Kier alpha value is -4.05. The van der Waals surface area contributed by atoms with E-state index in [1.165, 1.54) is 29.2 Å². The number of para-hydroxylation sites is 2. The molecule has 0 aromatic heterocycles. The molecule has 8 nitrogen and oxygen atoms in total. The van der Waals surface area contributed by atoms with Crippen LogP contribution in [0.15, 0.2) is 81.0 Å². The van der Waals surface area contributed by atoms with Crippen LogP contribution < -0.4 is 15.1 Å². The number of nitrogens with zero attached hydrogens (tertiary/aromatic N) is 4. The van der Waals surface area contributed by atoms with E-state index in [1.54, 1.807) is 37.4 Å². The molecule has 0 fully saturated rings. The molecular weight excluding hydrogens is 469 g/mol. The predicted molar refractivity (Wildman–Crippen MR) is 137 cm³/mol. The van der Waals surface area contributed by atoms with Gasteiger partial charge >= 0.3 is 0 Å². The van der Waals surface area contributed by atoms with Crippen molar-refractivity contribution in [2.75, 3.05) is 36.3 Å². The molecule has 10 heteroatoms. The molecule has 1 aliphatic rings. The Labute approximate surface area is 203 Å². The van der Waals surface area contributed by atoms with Gasteiger partial charge in [-0.2, -0.15) is 8.42 Å². The summed E-state index contributed by atoms with van der Waals surface area (Å²) in [4.78, 5) is 21.4. The number of halogens is 1. The van der Waals surface area contributed by atoms with Crippen LogP contribution in [0.5, 0.6) is 0 Å². The van der Waals surface area contributed by atoms with E-state index >= 15 is 0 Å². The van der Waals surface area contributed by atoms with E-state index in [9.17, 15) is 17.6 Å². The molecule has 0 bridgehead atoms.